The number of nitrogens with zero attached hydrogens (tertiary/aromatic N) is 2. The Morgan fingerprint density at radius 1 is 1.19 bits per heavy atom. The Kier molecular flexibility index (Phi) is 5.11. The minimum Gasteiger partial charge on any atom is -0.373 e. The van der Waals surface area contributed by atoms with Crippen LogP contribution in [0.3, 0.4) is 0 Å². The molecule has 0 radical (unpaired) electrons. The van der Waals surface area contributed by atoms with Crippen molar-refractivity contribution >= 4 is 11.8 Å². The molecule has 0 aromatic carbocycles. The molecule has 2 aromatic heterocycles. The molecule has 3 heterocycles. The van der Waals surface area contributed by atoms with Crippen molar-refractivity contribution in [1.29, 1.82) is 0 Å². The molecule has 136 valence electrons. The van der Waals surface area contributed by atoms with Crippen molar-refractivity contribution in [3.8, 4) is 0 Å². The van der Waals surface area contributed by atoms with Crippen LogP contribution in [-0.2, 0) is 17.6 Å². The Balaban J connectivity index is 1.34. The molecule has 0 spiro atoms. The molecule has 6 heteroatoms. The number of aromatic nitrogens is 2. The van der Waals surface area contributed by atoms with Gasteiger partial charge in [0.1, 0.15) is 5.82 Å². The lowest BCUT2D eigenvalue weighted by Crippen LogP contribution is -2.42. The fourth-order valence-corrected chi connectivity index (χ4v) is 3.75. The molecule has 1 fully saturated rings. The third kappa shape index (κ3) is 4.02. The van der Waals surface area contributed by atoms with E-state index in [2.05, 4.69) is 20.6 Å². The molecule has 0 bridgehead atoms. The number of nitrogens with one attached hydrogen (secondary N) is 2. The SMILES string of the molecule is O=C(Nc1cc2c(cn1)CCCC2)NC1CCOC(c2cccnc2)C1. The maximum absolute atomic E-state index is 12.4. The van der Waals surface area contributed by atoms with Crippen LogP contribution >= 0.6 is 0 Å². The molecule has 26 heavy (non-hydrogen) atoms. The van der Waals surface area contributed by atoms with Gasteiger partial charge in [-0.25, -0.2) is 9.78 Å². The number of fused-ring (bicyclic) bond motifs is 1. The number of hydrogen-bond donors (Lipinski definition) is 2. The molecule has 2 unspecified atom stereocenters. The summed E-state index contributed by atoms with van der Waals surface area (Å²) in [4.78, 5) is 20.9. The summed E-state index contributed by atoms with van der Waals surface area (Å²) < 4.78 is 5.83. The third-order valence-corrected chi connectivity index (χ3v) is 5.14. The Hall–Kier alpha value is -2.47. The van der Waals surface area contributed by atoms with E-state index in [1.165, 1.54) is 24.0 Å². The minimum atomic E-state index is -0.204. The maximum atomic E-state index is 12.4. The van der Waals surface area contributed by atoms with Gasteiger partial charge >= 0.3 is 6.03 Å². The van der Waals surface area contributed by atoms with Gasteiger partial charge in [-0.3, -0.25) is 10.3 Å². The van der Waals surface area contributed by atoms with Crippen molar-refractivity contribution in [3.05, 3.63) is 53.5 Å². The molecule has 1 aliphatic heterocycles. The van der Waals surface area contributed by atoms with E-state index in [0.29, 0.717) is 12.4 Å². The van der Waals surface area contributed by atoms with Crippen molar-refractivity contribution in [2.75, 3.05) is 11.9 Å². The van der Waals surface area contributed by atoms with E-state index in [1.54, 1.807) is 6.20 Å². The summed E-state index contributed by atoms with van der Waals surface area (Å²) in [5.41, 5.74) is 3.67. The highest BCUT2D eigenvalue weighted by Crippen LogP contribution is 2.27. The molecule has 2 atom stereocenters. The summed E-state index contributed by atoms with van der Waals surface area (Å²) in [6.45, 7) is 0.627. The van der Waals surface area contributed by atoms with Crippen LogP contribution in [0.15, 0.2) is 36.8 Å². The highest BCUT2D eigenvalue weighted by molar-refractivity contribution is 5.88. The van der Waals surface area contributed by atoms with E-state index >= 15 is 0 Å². The van der Waals surface area contributed by atoms with E-state index in [9.17, 15) is 4.79 Å². The molecule has 2 aliphatic rings. The van der Waals surface area contributed by atoms with E-state index in [4.69, 9.17) is 4.74 Å². The number of anilines is 1. The summed E-state index contributed by atoms with van der Waals surface area (Å²) in [7, 11) is 0. The molecule has 2 amide bonds. The van der Waals surface area contributed by atoms with Gasteiger partial charge in [-0.15, -0.1) is 0 Å². The Labute approximate surface area is 153 Å². The predicted molar refractivity (Wildman–Crippen MR) is 99.0 cm³/mol. The van der Waals surface area contributed by atoms with Crippen LogP contribution in [0.2, 0.25) is 0 Å². The first-order valence-corrected chi connectivity index (χ1v) is 9.35. The van der Waals surface area contributed by atoms with Crippen LogP contribution < -0.4 is 10.6 Å². The Bertz CT molecular complexity index is 766. The van der Waals surface area contributed by atoms with Crippen LogP contribution in [-0.4, -0.2) is 28.6 Å². The quantitative estimate of drug-likeness (QED) is 0.888. The second kappa shape index (κ2) is 7.83. The number of hydrogen-bond acceptors (Lipinski definition) is 4. The van der Waals surface area contributed by atoms with E-state index in [0.717, 1.165) is 31.2 Å². The molecule has 2 N–H and O–H groups in total. The fourth-order valence-electron chi connectivity index (χ4n) is 3.75. The molecule has 2 aromatic rings. The van der Waals surface area contributed by atoms with Crippen LogP contribution in [0.1, 0.15) is 48.5 Å². The fraction of sp³-hybridized carbons (Fsp3) is 0.450. The van der Waals surface area contributed by atoms with Crippen LogP contribution in [0.4, 0.5) is 10.6 Å². The van der Waals surface area contributed by atoms with Gasteiger partial charge in [-0.05, 0) is 67.3 Å². The number of carbonyl (C=O) groups is 1. The minimum absolute atomic E-state index is 0.0235. The zero-order valence-corrected chi connectivity index (χ0v) is 14.8. The molecule has 6 nitrogen and oxygen atoms in total. The number of pyridine rings is 2. The smallest absolute Gasteiger partial charge is 0.320 e. The summed E-state index contributed by atoms with van der Waals surface area (Å²) >= 11 is 0. The first-order valence-electron chi connectivity index (χ1n) is 9.35. The monoisotopic (exact) mass is 352 g/mol. The number of rotatable bonds is 3. The van der Waals surface area contributed by atoms with Gasteiger partial charge in [-0.1, -0.05) is 6.07 Å². The maximum Gasteiger partial charge on any atom is 0.320 e. The lowest BCUT2D eigenvalue weighted by molar-refractivity contribution is 0.00235. The number of aryl methyl sites for hydroxylation is 2. The topological polar surface area (TPSA) is 76.1 Å². The highest BCUT2D eigenvalue weighted by atomic mass is 16.5. The first-order chi connectivity index (χ1) is 12.8. The highest BCUT2D eigenvalue weighted by Gasteiger charge is 2.25. The van der Waals surface area contributed by atoms with Crippen LogP contribution in [0.5, 0.6) is 0 Å². The zero-order chi connectivity index (χ0) is 17.8. The lowest BCUT2D eigenvalue weighted by Gasteiger charge is -2.30. The predicted octanol–water partition coefficient (Wildman–Crippen LogP) is 3.40. The summed E-state index contributed by atoms with van der Waals surface area (Å²) in [5, 5.41) is 5.94. The summed E-state index contributed by atoms with van der Waals surface area (Å²) in [6, 6.07) is 5.80. The number of ether oxygens (including phenoxy) is 1. The molecule has 1 saturated heterocycles. The van der Waals surface area contributed by atoms with E-state index < -0.39 is 0 Å². The normalized spacial score (nSPS) is 22.3. The van der Waals surface area contributed by atoms with Crippen molar-refractivity contribution in [1.82, 2.24) is 15.3 Å². The number of amides is 2. The van der Waals surface area contributed by atoms with E-state index in [-0.39, 0.29) is 18.2 Å². The zero-order valence-electron chi connectivity index (χ0n) is 14.8. The molecular formula is C20H24N4O2. The van der Waals surface area contributed by atoms with Gasteiger partial charge in [0.25, 0.3) is 0 Å². The van der Waals surface area contributed by atoms with Gasteiger partial charge in [-0.2, -0.15) is 0 Å². The molecule has 0 saturated carbocycles. The van der Waals surface area contributed by atoms with Crippen LogP contribution in [0, 0.1) is 0 Å². The van der Waals surface area contributed by atoms with Gasteiger partial charge in [0, 0.05) is 31.2 Å². The average molecular weight is 352 g/mol. The average Bonchev–Trinajstić information content (AvgIpc) is 2.69. The van der Waals surface area contributed by atoms with Gasteiger partial charge < -0.3 is 10.1 Å². The summed E-state index contributed by atoms with van der Waals surface area (Å²) in [6.07, 6.45) is 11.6. The number of urea groups is 1. The van der Waals surface area contributed by atoms with Gasteiger partial charge in [0.2, 0.25) is 0 Å². The van der Waals surface area contributed by atoms with Crippen LogP contribution in [0.25, 0.3) is 0 Å². The Morgan fingerprint density at radius 2 is 2.08 bits per heavy atom. The lowest BCUT2D eigenvalue weighted by atomic mass is 9.93. The second-order valence-corrected chi connectivity index (χ2v) is 7.01. The molecule has 1 aliphatic carbocycles. The first kappa shape index (κ1) is 17.0. The van der Waals surface area contributed by atoms with Crippen molar-refractivity contribution in [3.63, 3.8) is 0 Å². The largest absolute Gasteiger partial charge is 0.373 e. The van der Waals surface area contributed by atoms with Crippen molar-refractivity contribution in [2.24, 2.45) is 0 Å². The number of carbonyl (C=O) groups excluding carboxylic acids is 1. The Morgan fingerprint density at radius 3 is 2.92 bits per heavy atom. The second-order valence-electron chi connectivity index (χ2n) is 7.01. The third-order valence-electron chi connectivity index (χ3n) is 5.14. The summed E-state index contributed by atoms with van der Waals surface area (Å²) in [5.74, 6) is 0.624. The molecular weight excluding hydrogens is 328 g/mol. The van der Waals surface area contributed by atoms with Gasteiger partial charge in [0.05, 0.1) is 6.10 Å². The van der Waals surface area contributed by atoms with Crippen molar-refractivity contribution in [2.45, 2.75) is 50.7 Å². The van der Waals surface area contributed by atoms with Gasteiger partial charge in [0.15, 0.2) is 0 Å². The van der Waals surface area contributed by atoms with Crippen molar-refractivity contribution < 1.29 is 9.53 Å². The molecule has 4 rings (SSSR count). The standard InChI is InChI=1S/C20H24N4O2/c25-20(24-19-10-14-4-1-2-5-15(14)13-22-19)23-17-7-9-26-18(11-17)16-6-3-8-21-12-16/h3,6,8,10,12-13,17-18H,1-2,4-5,7,9,11H2,(H2,22,23,24,25). The van der Waals surface area contributed by atoms with E-state index in [1.807, 2.05) is 30.6 Å².